The summed E-state index contributed by atoms with van der Waals surface area (Å²) in [4.78, 5) is 0.315. The fourth-order valence-electron chi connectivity index (χ4n) is 1.22. The van der Waals surface area contributed by atoms with Gasteiger partial charge >= 0.3 is 0 Å². The second-order valence-electron chi connectivity index (χ2n) is 3.55. The first-order valence-corrected chi connectivity index (χ1v) is 7.00. The average Bonchev–Trinajstić information content (AvgIpc) is 2.24. The molecule has 16 heavy (non-hydrogen) atoms. The third kappa shape index (κ3) is 4.20. The molecule has 0 aliphatic carbocycles. The van der Waals surface area contributed by atoms with E-state index in [1.807, 2.05) is 7.05 Å². The maximum absolute atomic E-state index is 11.2. The van der Waals surface area contributed by atoms with Crippen LogP contribution in [0.25, 0.3) is 0 Å². The van der Waals surface area contributed by atoms with E-state index in [9.17, 15) is 8.42 Å². The molecule has 0 atom stereocenters. The normalized spacial score (nSPS) is 11.4. The largest absolute Gasteiger partial charge is 0.494 e. The molecule has 0 saturated carbocycles. The minimum atomic E-state index is -3.11. The molecule has 0 amide bonds. The van der Waals surface area contributed by atoms with Crippen molar-refractivity contribution >= 4 is 9.84 Å². The minimum Gasteiger partial charge on any atom is -0.494 e. The topological polar surface area (TPSA) is 55.4 Å². The van der Waals surface area contributed by atoms with Crippen LogP contribution >= 0.6 is 0 Å². The Hall–Kier alpha value is -1.07. The molecule has 0 radical (unpaired) electrons. The summed E-state index contributed by atoms with van der Waals surface area (Å²) in [6.45, 7) is 1.53. The van der Waals surface area contributed by atoms with Gasteiger partial charge in [-0.25, -0.2) is 8.42 Å². The summed E-state index contributed by atoms with van der Waals surface area (Å²) in [5.41, 5.74) is 0. The van der Waals surface area contributed by atoms with Crippen molar-refractivity contribution in [1.82, 2.24) is 5.32 Å². The number of ether oxygens (including phenoxy) is 1. The monoisotopic (exact) mass is 243 g/mol. The van der Waals surface area contributed by atoms with E-state index < -0.39 is 9.84 Å². The average molecular weight is 243 g/mol. The second kappa shape index (κ2) is 5.86. The summed E-state index contributed by atoms with van der Waals surface area (Å²) >= 11 is 0. The van der Waals surface area contributed by atoms with Crippen molar-refractivity contribution in [3.05, 3.63) is 24.3 Å². The van der Waals surface area contributed by atoms with Crippen molar-refractivity contribution in [3.63, 3.8) is 0 Å². The first kappa shape index (κ1) is 13.0. The van der Waals surface area contributed by atoms with E-state index >= 15 is 0 Å². The quantitative estimate of drug-likeness (QED) is 0.760. The lowest BCUT2D eigenvalue weighted by molar-refractivity contribution is 0.309. The molecule has 0 aliphatic heterocycles. The van der Waals surface area contributed by atoms with Gasteiger partial charge in [0, 0.05) is 6.26 Å². The molecule has 0 saturated heterocycles. The van der Waals surface area contributed by atoms with Crippen LogP contribution in [0.3, 0.4) is 0 Å². The van der Waals surface area contributed by atoms with E-state index in [1.165, 1.54) is 6.26 Å². The maximum Gasteiger partial charge on any atom is 0.175 e. The van der Waals surface area contributed by atoms with Crippen LogP contribution in [-0.2, 0) is 9.84 Å². The predicted molar refractivity (Wildman–Crippen MR) is 63.6 cm³/mol. The van der Waals surface area contributed by atoms with Gasteiger partial charge in [-0.3, -0.25) is 0 Å². The summed E-state index contributed by atoms with van der Waals surface area (Å²) in [5.74, 6) is 0.698. The highest BCUT2D eigenvalue weighted by Crippen LogP contribution is 2.15. The lowest BCUT2D eigenvalue weighted by atomic mass is 10.3. The first-order valence-electron chi connectivity index (χ1n) is 5.11. The lowest BCUT2D eigenvalue weighted by Gasteiger charge is -2.06. The minimum absolute atomic E-state index is 0.315. The molecule has 1 N–H and O–H groups in total. The summed E-state index contributed by atoms with van der Waals surface area (Å²) in [7, 11) is -1.22. The van der Waals surface area contributed by atoms with Gasteiger partial charge in [-0.2, -0.15) is 0 Å². The highest BCUT2D eigenvalue weighted by atomic mass is 32.2. The molecule has 5 heteroatoms. The molecule has 0 heterocycles. The fraction of sp³-hybridized carbons (Fsp3) is 0.455. The number of rotatable bonds is 6. The Morgan fingerprint density at radius 3 is 2.38 bits per heavy atom. The van der Waals surface area contributed by atoms with Gasteiger partial charge in [-0.15, -0.1) is 0 Å². The molecular weight excluding hydrogens is 226 g/mol. The molecule has 0 spiro atoms. The van der Waals surface area contributed by atoms with Gasteiger partial charge in [0.25, 0.3) is 0 Å². The van der Waals surface area contributed by atoms with Crippen LogP contribution in [0.5, 0.6) is 5.75 Å². The van der Waals surface area contributed by atoms with Crippen molar-refractivity contribution < 1.29 is 13.2 Å². The van der Waals surface area contributed by atoms with Gasteiger partial charge in [0.1, 0.15) is 5.75 Å². The SMILES string of the molecule is CNCCCOc1ccc(S(C)(=O)=O)cc1. The van der Waals surface area contributed by atoms with E-state index in [4.69, 9.17) is 4.74 Å². The van der Waals surface area contributed by atoms with Crippen LogP contribution in [0.2, 0.25) is 0 Å². The van der Waals surface area contributed by atoms with Gasteiger partial charge < -0.3 is 10.1 Å². The number of hydrogen-bond acceptors (Lipinski definition) is 4. The molecule has 0 unspecified atom stereocenters. The zero-order valence-electron chi connectivity index (χ0n) is 9.56. The van der Waals surface area contributed by atoms with Crippen molar-refractivity contribution in [3.8, 4) is 5.75 Å². The van der Waals surface area contributed by atoms with Crippen LogP contribution in [0.1, 0.15) is 6.42 Å². The Kier molecular flexibility index (Phi) is 4.76. The van der Waals surface area contributed by atoms with Gasteiger partial charge in [0.15, 0.2) is 9.84 Å². The Morgan fingerprint density at radius 1 is 1.25 bits per heavy atom. The molecule has 0 bridgehead atoms. The Bertz CT molecular complexity index is 411. The Labute approximate surface area is 96.5 Å². The van der Waals surface area contributed by atoms with E-state index in [1.54, 1.807) is 24.3 Å². The van der Waals surface area contributed by atoms with Gasteiger partial charge in [-0.05, 0) is 44.3 Å². The third-order valence-corrected chi connectivity index (χ3v) is 3.22. The molecule has 0 fully saturated rings. The Morgan fingerprint density at radius 2 is 1.88 bits per heavy atom. The van der Waals surface area contributed by atoms with Crippen LogP contribution < -0.4 is 10.1 Å². The number of nitrogens with one attached hydrogen (secondary N) is 1. The van der Waals surface area contributed by atoms with Gasteiger partial charge in [0.05, 0.1) is 11.5 Å². The van der Waals surface area contributed by atoms with Crippen molar-refractivity contribution in [2.24, 2.45) is 0 Å². The van der Waals surface area contributed by atoms with Crippen molar-refractivity contribution in [2.45, 2.75) is 11.3 Å². The maximum atomic E-state index is 11.2. The molecule has 90 valence electrons. The molecule has 1 rings (SSSR count). The number of hydrogen-bond donors (Lipinski definition) is 1. The number of benzene rings is 1. The summed E-state index contributed by atoms with van der Waals surface area (Å²) in [6, 6.07) is 6.47. The highest BCUT2D eigenvalue weighted by Gasteiger charge is 2.05. The smallest absolute Gasteiger partial charge is 0.175 e. The molecular formula is C11H17NO3S. The van der Waals surface area contributed by atoms with Crippen LogP contribution in [0, 0.1) is 0 Å². The summed E-state index contributed by atoms with van der Waals surface area (Å²) < 4.78 is 27.8. The third-order valence-electron chi connectivity index (χ3n) is 2.09. The van der Waals surface area contributed by atoms with E-state index in [0.717, 1.165) is 13.0 Å². The standard InChI is InChI=1S/C11H17NO3S/c1-12-8-3-9-15-10-4-6-11(7-5-10)16(2,13)14/h4-7,12H,3,8-9H2,1-2H3. The van der Waals surface area contributed by atoms with E-state index in [-0.39, 0.29) is 0 Å². The van der Waals surface area contributed by atoms with Gasteiger partial charge in [-0.1, -0.05) is 0 Å². The number of sulfone groups is 1. The highest BCUT2D eigenvalue weighted by molar-refractivity contribution is 7.90. The fourth-order valence-corrected chi connectivity index (χ4v) is 1.85. The molecule has 0 aliphatic rings. The van der Waals surface area contributed by atoms with Gasteiger partial charge in [0.2, 0.25) is 0 Å². The first-order chi connectivity index (χ1) is 7.54. The zero-order chi connectivity index (χ0) is 12.0. The zero-order valence-corrected chi connectivity index (χ0v) is 10.4. The molecule has 4 nitrogen and oxygen atoms in total. The second-order valence-corrected chi connectivity index (χ2v) is 5.56. The van der Waals surface area contributed by atoms with Crippen molar-refractivity contribution in [2.75, 3.05) is 26.5 Å². The van der Waals surface area contributed by atoms with E-state index in [2.05, 4.69) is 5.32 Å². The molecule has 1 aromatic rings. The van der Waals surface area contributed by atoms with Crippen LogP contribution in [0.15, 0.2) is 29.2 Å². The van der Waals surface area contributed by atoms with Crippen LogP contribution in [0.4, 0.5) is 0 Å². The summed E-state index contributed by atoms with van der Waals surface area (Å²) in [6.07, 6.45) is 2.11. The molecule has 1 aromatic carbocycles. The summed E-state index contributed by atoms with van der Waals surface area (Å²) in [5, 5.41) is 3.02. The van der Waals surface area contributed by atoms with Crippen molar-refractivity contribution in [1.29, 1.82) is 0 Å². The predicted octanol–water partition coefficient (Wildman–Crippen LogP) is 1.08. The lowest BCUT2D eigenvalue weighted by Crippen LogP contribution is -2.11. The Balaban J connectivity index is 2.52. The molecule has 0 aromatic heterocycles. The van der Waals surface area contributed by atoms with E-state index in [0.29, 0.717) is 17.3 Å². The van der Waals surface area contributed by atoms with Crippen LogP contribution in [-0.4, -0.2) is 34.9 Å².